The predicted octanol–water partition coefficient (Wildman–Crippen LogP) is 0.690. The van der Waals surface area contributed by atoms with Crippen LogP contribution in [0.4, 0.5) is 5.69 Å². The number of carbonyl (C=O) groups is 2. The van der Waals surface area contributed by atoms with Crippen molar-refractivity contribution in [2.24, 2.45) is 0 Å². The number of carbonyl (C=O) groups excluding carboxylic acids is 2. The summed E-state index contributed by atoms with van der Waals surface area (Å²) in [5.74, 6) is -0.970. The summed E-state index contributed by atoms with van der Waals surface area (Å²) < 4.78 is 29.6. The van der Waals surface area contributed by atoms with Crippen molar-refractivity contribution in [3.05, 3.63) is 29.3 Å². The highest BCUT2D eigenvalue weighted by Gasteiger charge is 2.27. The molecule has 0 bridgehead atoms. The third kappa shape index (κ3) is 4.22. The van der Waals surface area contributed by atoms with E-state index >= 15 is 0 Å². The fraction of sp³-hybridized carbons (Fsp3) is 0.467. The van der Waals surface area contributed by atoms with E-state index in [9.17, 15) is 18.0 Å². The van der Waals surface area contributed by atoms with E-state index < -0.39 is 16.0 Å². The average molecular weight is 340 g/mol. The maximum atomic E-state index is 12.0. The van der Waals surface area contributed by atoms with Crippen LogP contribution >= 0.6 is 0 Å². The molecule has 0 fully saturated rings. The number of esters is 1. The number of nitrogens with zero attached hydrogens (tertiary/aromatic N) is 1. The van der Waals surface area contributed by atoms with E-state index in [-0.39, 0.29) is 18.6 Å². The standard InChI is InChI=1S/C15H20N2O5S/c1-10(2)16-14(18)9-22-15(19)12-4-5-13-11(8-12)6-7-17(13)23(3,20)21/h4-5,8,10H,6-7,9H2,1-3H3,(H,16,18). The Labute approximate surface area is 135 Å². The number of ether oxygens (including phenoxy) is 1. The smallest absolute Gasteiger partial charge is 0.338 e. The fourth-order valence-corrected chi connectivity index (χ4v) is 3.38. The summed E-state index contributed by atoms with van der Waals surface area (Å²) in [6.45, 7) is 3.65. The lowest BCUT2D eigenvalue weighted by atomic mass is 10.1. The highest BCUT2D eigenvalue weighted by molar-refractivity contribution is 7.92. The molecule has 0 unspecified atom stereocenters. The van der Waals surface area contributed by atoms with Crippen LogP contribution in [0.1, 0.15) is 29.8 Å². The molecular formula is C15H20N2O5S. The van der Waals surface area contributed by atoms with Gasteiger partial charge < -0.3 is 10.1 Å². The van der Waals surface area contributed by atoms with E-state index in [2.05, 4.69) is 5.32 Å². The maximum absolute atomic E-state index is 12.0. The first kappa shape index (κ1) is 17.3. The topological polar surface area (TPSA) is 92.8 Å². The molecule has 1 heterocycles. The molecule has 23 heavy (non-hydrogen) atoms. The minimum atomic E-state index is -3.32. The van der Waals surface area contributed by atoms with Crippen LogP contribution in [0.2, 0.25) is 0 Å². The zero-order valence-corrected chi connectivity index (χ0v) is 14.1. The molecule has 7 nitrogen and oxygen atoms in total. The van der Waals surface area contributed by atoms with Crippen molar-refractivity contribution in [3.8, 4) is 0 Å². The molecule has 0 spiro atoms. The molecule has 1 aromatic carbocycles. The third-order valence-electron chi connectivity index (χ3n) is 3.35. The van der Waals surface area contributed by atoms with Gasteiger partial charge >= 0.3 is 5.97 Å². The van der Waals surface area contributed by atoms with Gasteiger partial charge in [0.2, 0.25) is 10.0 Å². The van der Waals surface area contributed by atoms with Gasteiger partial charge in [0.15, 0.2) is 6.61 Å². The van der Waals surface area contributed by atoms with Gasteiger partial charge in [-0.25, -0.2) is 13.2 Å². The number of sulfonamides is 1. The molecule has 8 heteroatoms. The summed E-state index contributed by atoms with van der Waals surface area (Å²) in [5, 5.41) is 2.62. The van der Waals surface area contributed by atoms with Gasteiger partial charge in [0.25, 0.3) is 5.91 Å². The van der Waals surface area contributed by atoms with Gasteiger partial charge in [-0.15, -0.1) is 0 Å². The SMILES string of the molecule is CC(C)NC(=O)COC(=O)c1ccc2c(c1)CCN2S(C)(=O)=O. The molecule has 0 saturated heterocycles. The van der Waals surface area contributed by atoms with E-state index in [0.29, 0.717) is 24.2 Å². The molecule has 0 saturated carbocycles. The quantitative estimate of drug-likeness (QED) is 0.796. The minimum absolute atomic E-state index is 0.0248. The second-order valence-corrected chi connectivity index (χ2v) is 7.63. The van der Waals surface area contributed by atoms with Gasteiger partial charge in [-0.3, -0.25) is 9.10 Å². The molecule has 0 atom stereocenters. The Morgan fingerprint density at radius 1 is 1.35 bits per heavy atom. The number of hydrogen-bond donors (Lipinski definition) is 1. The zero-order valence-electron chi connectivity index (χ0n) is 13.3. The van der Waals surface area contributed by atoms with Crippen LogP contribution in [-0.4, -0.2) is 45.7 Å². The van der Waals surface area contributed by atoms with Crippen LogP contribution < -0.4 is 9.62 Å². The molecule has 0 aliphatic carbocycles. The Kier molecular flexibility index (Phi) is 4.93. The molecule has 1 aromatic rings. The molecular weight excluding hydrogens is 320 g/mol. The summed E-state index contributed by atoms with van der Waals surface area (Å²) in [6.07, 6.45) is 1.69. The van der Waals surface area contributed by atoms with Crippen molar-refractivity contribution in [3.63, 3.8) is 0 Å². The first-order valence-corrected chi connectivity index (χ1v) is 9.10. The first-order chi connectivity index (χ1) is 10.7. The Morgan fingerprint density at radius 2 is 2.04 bits per heavy atom. The number of benzene rings is 1. The van der Waals surface area contributed by atoms with Gasteiger partial charge in [0, 0.05) is 12.6 Å². The second kappa shape index (κ2) is 6.57. The molecule has 1 amide bonds. The highest BCUT2D eigenvalue weighted by Crippen LogP contribution is 2.30. The summed E-state index contributed by atoms with van der Waals surface area (Å²) in [4.78, 5) is 23.4. The molecule has 0 radical (unpaired) electrons. The van der Waals surface area contributed by atoms with E-state index in [4.69, 9.17) is 4.74 Å². The maximum Gasteiger partial charge on any atom is 0.338 e. The van der Waals surface area contributed by atoms with Crippen LogP contribution in [0.3, 0.4) is 0 Å². The molecule has 1 aliphatic rings. The van der Waals surface area contributed by atoms with Crippen molar-refractivity contribution < 1.29 is 22.7 Å². The number of hydrogen-bond acceptors (Lipinski definition) is 5. The van der Waals surface area contributed by atoms with Gasteiger partial charge in [-0.05, 0) is 44.0 Å². The van der Waals surface area contributed by atoms with Crippen LogP contribution in [0.25, 0.3) is 0 Å². The molecule has 2 rings (SSSR count). The number of rotatable bonds is 5. The molecule has 1 aliphatic heterocycles. The highest BCUT2D eigenvalue weighted by atomic mass is 32.2. The summed E-state index contributed by atoms with van der Waals surface area (Å²) in [6, 6.07) is 4.69. The fourth-order valence-electron chi connectivity index (χ4n) is 2.42. The van der Waals surface area contributed by atoms with Crippen molar-refractivity contribution in [1.82, 2.24) is 5.32 Å². The average Bonchev–Trinajstić information content (AvgIpc) is 2.86. The van der Waals surface area contributed by atoms with Crippen LogP contribution in [0, 0.1) is 0 Å². The second-order valence-electron chi connectivity index (χ2n) is 5.73. The normalized spacial score (nSPS) is 13.8. The lowest BCUT2D eigenvalue weighted by Gasteiger charge is -2.16. The van der Waals surface area contributed by atoms with Gasteiger partial charge in [-0.1, -0.05) is 0 Å². The zero-order chi connectivity index (χ0) is 17.2. The lowest BCUT2D eigenvalue weighted by molar-refractivity contribution is -0.124. The largest absolute Gasteiger partial charge is 0.452 e. The lowest BCUT2D eigenvalue weighted by Crippen LogP contribution is -2.34. The Balaban J connectivity index is 2.06. The van der Waals surface area contributed by atoms with Crippen LogP contribution in [0.5, 0.6) is 0 Å². The van der Waals surface area contributed by atoms with Crippen molar-refractivity contribution >= 4 is 27.6 Å². The van der Waals surface area contributed by atoms with E-state index in [1.807, 2.05) is 13.8 Å². The Hall–Kier alpha value is -2.09. The number of amides is 1. The summed E-state index contributed by atoms with van der Waals surface area (Å²) in [7, 11) is -3.32. The summed E-state index contributed by atoms with van der Waals surface area (Å²) >= 11 is 0. The number of anilines is 1. The van der Waals surface area contributed by atoms with Crippen LogP contribution in [0.15, 0.2) is 18.2 Å². The van der Waals surface area contributed by atoms with Crippen molar-refractivity contribution in [2.45, 2.75) is 26.3 Å². The Bertz CT molecular complexity index is 727. The monoisotopic (exact) mass is 340 g/mol. The van der Waals surface area contributed by atoms with Gasteiger partial charge in [0.1, 0.15) is 0 Å². The van der Waals surface area contributed by atoms with Gasteiger partial charge in [0.05, 0.1) is 17.5 Å². The number of nitrogens with one attached hydrogen (secondary N) is 1. The van der Waals surface area contributed by atoms with E-state index in [1.165, 1.54) is 10.4 Å². The third-order valence-corrected chi connectivity index (χ3v) is 4.53. The predicted molar refractivity (Wildman–Crippen MR) is 85.9 cm³/mol. The van der Waals surface area contributed by atoms with E-state index in [1.54, 1.807) is 12.1 Å². The molecule has 0 aromatic heterocycles. The minimum Gasteiger partial charge on any atom is -0.452 e. The van der Waals surface area contributed by atoms with Crippen molar-refractivity contribution in [1.29, 1.82) is 0 Å². The molecule has 1 N–H and O–H groups in total. The number of fused-ring (bicyclic) bond motifs is 1. The Morgan fingerprint density at radius 3 is 2.65 bits per heavy atom. The summed E-state index contributed by atoms with van der Waals surface area (Å²) in [5.41, 5.74) is 1.66. The van der Waals surface area contributed by atoms with Gasteiger partial charge in [-0.2, -0.15) is 0 Å². The molecule has 126 valence electrons. The van der Waals surface area contributed by atoms with E-state index in [0.717, 1.165) is 11.8 Å². The van der Waals surface area contributed by atoms with Crippen LogP contribution in [-0.2, 0) is 26.0 Å². The first-order valence-electron chi connectivity index (χ1n) is 7.25. The van der Waals surface area contributed by atoms with Crippen molar-refractivity contribution in [2.75, 3.05) is 23.7 Å².